The number of hydrogen-bond acceptors (Lipinski definition) is 3. The van der Waals surface area contributed by atoms with Crippen LogP contribution in [0.15, 0.2) is 18.2 Å². The van der Waals surface area contributed by atoms with Crippen LogP contribution in [0.25, 0.3) is 0 Å². The van der Waals surface area contributed by atoms with Crippen LogP contribution in [0.1, 0.15) is 39.5 Å². The first-order valence-electron chi connectivity index (χ1n) is 9.12. The number of benzene rings is 1. The van der Waals surface area contributed by atoms with Crippen LogP contribution in [0.5, 0.6) is 11.5 Å². The summed E-state index contributed by atoms with van der Waals surface area (Å²) in [6.45, 7) is 6.03. The third-order valence-electron chi connectivity index (χ3n) is 5.82. The van der Waals surface area contributed by atoms with Crippen LogP contribution < -0.4 is 9.47 Å². The lowest BCUT2D eigenvalue weighted by Crippen LogP contribution is -2.30. The fourth-order valence-electron chi connectivity index (χ4n) is 3.97. The van der Waals surface area contributed by atoms with Crippen LogP contribution in [0, 0.1) is 11.3 Å². The van der Waals surface area contributed by atoms with Crippen LogP contribution >= 0.6 is 34.8 Å². The molecule has 2 aliphatic rings. The Balaban J connectivity index is 1.64. The van der Waals surface area contributed by atoms with Crippen molar-refractivity contribution in [1.29, 1.82) is 0 Å². The average molecular weight is 421 g/mol. The van der Waals surface area contributed by atoms with Gasteiger partial charge in [0.2, 0.25) is 0 Å². The number of carbonyl (C=O) groups is 1. The lowest BCUT2D eigenvalue weighted by atomic mass is 9.97. The zero-order valence-electron chi connectivity index (χ0n) is 15.1. The van der Waals surface area contributed by atoms with Gasteiger partial charge < -0.3 is 14.4 Å². The second-order valence-corrected chi connectivity index (χ2v) is 8.80. The first kappa shape index (κ1) is 19.9. The molecule has 0 spiro atoms. The zero-order chi connectivity index (χ0) is 18.9. The lowest BCUT2D eigenvalue weighted by molar-refractivity contribution is 0.162. The fraction of sp³-hybridized carbons (Fsp3) is 0.632. The van der Waals surface area contributed by atoms with E-state index >= 15 is 0 Å². The second kappa shape index (κ2) is 7.65. The van der Waals surface area contributed by atoms with Gasteiger partial charge in [0, 0.05) is 30.5 Å². The molecule has 1 saturated carbocycles. The summed E-state index contributed by atoms with van der Waals surface area (Å²) in [5.74, 6) is 0.924. The minimum Gasteiger partial charge on any atom is -0.491 e. The van der Waals surface area contributed by atoms with E-state index < -0.39 is 4.33 Å². The van der Waals surface area contributed by atoms with Gasteiger partial charge in [-0.2, -0.15) is 0 Å². The highest BCUT2D eigenvalue weighted by molar-refractivity contribution is 6.51. The minimum atomic E-state index is -0.775. The Hall–Kier alpha value is -0.840. The van der Waals surface area contributed by atoms with Gasteiger partial charge >= 0.3 is 6.09 Å². The highest BCUT2D eigenvalue weighted by Crippen LogP contribution is 2.72. The fourth-order valence-corrected chi connectivity index (χ4v) is 5.37. The van der Waals surface area contributed by atoms with Gasteiger partial charge in [0.1, 0.15) is 15.8 Å². The second-order valence-electron chi connectivity index (χ2n) is 7.00. The molecule has 144 valence electrons. The predicted octanol–water partition coefficient (Wildman–Crippen LogP) is 5.92. The largest absolute Gasteiger partial charge is 0.491 e. The van der Waals surface area contributed by atoms with Crippen LogP contribution in [-0.2, 0) is 0 Å². The van der Waals surface area contributed by atoms with Crippen molar-refractivity contribution in [3.63, 3.8) is 0 Å². The Bertz CT molecular complexity index is 670. The van der Waals surface area contributed by atoms with Crippen molar-refractivity contribution in [1.82, 2.24) is 4.90 Å². The van der Waals surface area contributed by atoms with Crippen molar-refractivity contribution in [2.45, 2.75) is 43.9 Å². The van der Waals surface area contributed by atoms with Crippen molar-refractivity contribution >= 4 is 40.9 Å². The number of likely N-dealkylation sites (tertiary alicyclic amines) is 1. The SMILES string of the molecule is CCC1(CC)C(COc2cc(OC(=O)N3CCCC3)ccc2Cl)C1(Cl)Cl. The molecule has 1 aliphatic carbocycles. The number of nitrogens with zero attached hydrogens (tertiary/aromatic N) is 1. The van der Waals surface area contributed by atoms with E-state index in [9.17, 15) is 4.79 Å². The molecule has 1 amide bonds. The summed E-state index contributed by atoms with van der Waals surface area (Å²) in [4.78, 5) is 13.8. The average Bonchev–Trinajstić information content (AvgIpc) is 2.99. The van der Waals surface area contributed by atoms with E-state index in [0.717, 1.165) is 38.8 Å². The van der Waals surface area contributed by atoms with E-state index in [1.807, 2.05) is 0 Å². The molecule has 1 heterocycles. The maximum absolute atomic E-state index is 12.1. The number of amides is 1. The summed E-state index contributed by atoms with van der Waals surface area (Å²) in [5, 5.41) is 0.458. The van der Waals surface area contributed by atoms with Crippen molar-refractivity contribution in [3.8, 4) is 11.5 Å². The van der Waals surface area contributed by atoms with Gasteiger partial charge in [0.25, 0.3) is 0 Å². The van der Waals surface area contributed by atoms with Gasteiger partial charge in [-0.25, -0.2) is 4.79 Å². The maximum atomic E-state index is 12.1. The Labute approximate surface area is 169 Å². The molecular weight excluding hydrogens is 397 g/mol. The number of rotatable bonds is 6. The summed E-state index contributed by atoms with van der Waals surface area (Å²) < 4.78 is 10.6. The van der Waals surface area contributed by atoms with Gasteiger partial charge in [-0.1, -0.05) is 25.4 Å². The molecule has 1 aliphatic heterocycles. The monoisotopic (exact) mass is 419 g/mol. The molecule has 7 heteroatoms. The highest BCUT2D eigenvalue weighted by Gasteiger charge is 2.73. The van der Waals surface area contributed by atoms with Crippen molar-refractivity contribution in [2.24, 2.45) is 11.3 Å². The van der Waals surface area contributed by atoms with Gasteiger partial charge in [-0.05, 0) is 37.8 Å². The highest BCUT2D eigenvalue weighted by atomic mass is 35.5. The molecule has 0 bridgehead atoms. The Kier molecular flexibility index (Phi) is 5.86. The van der Waals surface area contributed by atoms with E-state index in [1.165, 1.54) is 0 Å². The third-order valence-corrected chi connectivity index (χ3v) is 7.42. The van der Waals surface area contributed by atoms with E-state index in [4.69, 9.17) is 44.3 Å². The number of carbonyl (C=O) groups excluding carboxylic acids is 1. The molecular formula is C19H24Cl3NO3. The molecule has 1 aromatic carbocycles. The topological polar surface area (TPSA) is 38.8 Å². The maximum Gasteiger partial charge on any atom is 0.415 e. The molecule has 0 radical (unpaired) electrons. The first-order valence-corrected chi connectivity index (χ1v) is 10.3. The molecule has 26 heavy (non-hydrogen) atoms. The number of hydrogen-bond donors (Lipinski definition) is 0. The summed E-state index contributed by atoms with van der Waals surface area (Å²) >= 11 is 19.2. The number of alkyl halides is 2. The smallest absolute Gasteiger partial charge is 0.415 e. The van der Waals surface area contributed by atoms with Crippen LogP contribution in [-0.4, -0.2) is 35.0 Å². The van der Waals surface area contributed by atoms with Crippen molar-refractivity contribution in [2.75, 3.05) is 19.7 Å². The molecule has 0 N–H and O–H groups in total. The number of ether oxygens (including phenoxy) is 2. The standard InChI is InChI=1S/C19H24Cl3NO3/c1-3-18(4-2)16(19(18,21)22)12-25-15-11-13(7-8-14(15)20)26-17(24)23-9-5-6-10-23/h7-8,11,16H,3-6,9-10,12H2,1-2H3. The van der Waals surface area contributed by atoms with Crippen molar-refractivity contribution < 1.29 is 14.3 Å². The molecule has 1 unspecified atom stereocenters. The summed E-state index contributed by atoms with van der Waals surface area (Å²) in [5.41, 5.74) is -0.123. The van der Waals surface area contributed by atoms with Crippen molar-refractivity contribution in [3.05, 3.63) is 23.2 Å². The molecule has 0 aromatic heterocycles. The van der Waals surface area contributed by atoms with Crippen LogP contribution in [0.2, 0.25) is 5.02 Å². The Morgan fingerprint density at radius 3 is 2.46 bits per heavy atom. The van der Waals surface area contributed by atoms with E-state index in [0.29, 0.717) is 23.1 Å². The quantitative estimate of drug-likeness (QED) is 0.536. The third kappa shape index (κ3) is 3.48. The predicted molar refractivity (Wildman–Crippen MR) is 105 cm³/mol. The van der Waals surface area contributed by atoms with Gasteiger partial charge in [-0.3, -0.25) is 0 Å². The van der Waals surface area contributed by atoms with Crippen LogP contribution in [0.3, 0.4) is 0 Å². The zero-order valence-corrected chi connectivity index (χ0v) is 17.3. The molecule has 3 rings (SSSR count). The van der Waals surface area contributed by atoms with E-state index in [1.54, 1.807) is 23.1 Å². The van der Waals surface area contributed by atoms with E-state index in [-0.39, 0.29) is 17.4 Å². The minimum absolute atomic E-state index is 0.0419. The first-order chi connectivity index (χ1) is 12.4. The summed E-state index contributed by atoms with van der Waals surface area (Å²) in [7, 11) is 0. The molecule has 2 fully saturated rings. The van der Waals surface area contributed by atoms with Gasteiger partial charge in [0.05, 0.1) is 11.6 Å². The Morgan fingerprint density at radius 2 is 1.88 bits per heavy atom. The molecule has 1 atom stereocenters. The van der Waals surface area contributed by atoms with Gasteiger partial charge in [0.15, 0.2) is 0 Å². The summed E-state index contributed by atoms with van der Waals surface area (Å²) in [6.07, 6.45) is 3.48. The van der Waals surface area contributed by atoms with Gasteiger partial charge in [-0.15, -0.1) is 23.2 Å². The normalized spacial score (nSPS) is 23.0. The molecule has 1 aromatic rings. The van der Waals surface area contributed by atoms with E-state index in [2.05, 4.69) is 13.8 Å². The summed E-state index contributed by atoms with van der Waals surface area (Å²) in [6, 6.07) is 4.97. The lowest BCUT2D eigenvalue weighted by Gasteiger charge is -2.16. The molecule has 4 nitrogen and oxygen atoms in total. The van der Waals surface area contributed by atoms with Crippen LogP contribution in [0.4, 0.5) is 4.79 Å². The Morgan fingerprint density at radius 1 is 1.23 bits per heavy atom. The molecule has 1 saturated heterocycles. The number of halogens is 3.